The minimum atomic E-state index is -0.949. The zero-order valence-electron chi connectivity index (χ0n) is 17.5. The van der Waals surface area contributed by atoms with Gasteiger partial charge >= 0.3 is 12.1 Å². The molecule has 0 radical (unpaired) electrons. The molecular weight excluding hydrogens is 426 g/mol. The molecule has 0 bridgehead atoms. The summed E-state index contributed by atoms with van der Waals surface area (Å²) in [5.74, 6) is -1.40. The van der Waals surface area contributed by atoms with Crippen LogP contribution in [0.25, 0.3) is 0 Å². The summed E-state index contributed by atoms with van der Waals surface area (Å²) >= 11 is 1.40. The van der Waals surface area contributed by atoms with Crippen LogP contribution < -0.4 is 11.1 Å². The highest BCUT2D eigenvalue weighted by Gasteiger charge is 2.64. The first-order valence-corrected chi connectivity index (χ1v) is 10.6. The quantitative estimate of drug-likeness (QED) is 0.269. The van der Waals surface area contributed by atoms with Crippen molar-refractivity contribution in [3.05, 3.63) is 29.8 Å². The maximum absolute atomic E-state index is 12.7. The Morgan fingerprint density at radius 2 is 1.90 bits per heavy atom. The molecule has 2 fully saturated rings. The smallest absolute Gasteiger partial charge is 0.435 e. The standard InChI is InChI=1S/C20H25N3O7S/c1-4-28-19(27)30-10-29-18(26)15-20(2,3)31-17-14(16(25)23(15)17)22-13(24)9-11-7-5-6-8-12(11)21/h5-8,14-15,17H,4,9-10,21H2,1-3H3,(H,22,24)/t14?,15-,17+/m0/s1. The van der Waals surface area contributed by atoms with E-state index in [0.717, 1.165) is 0 Å². The van der Waals surface area contributed by atoms with Crippen molar-refractivity contribution in [3.63, 3.8) is 0 Å². The van der Waals surface area contributed by atoms with Crippen molar-refractivity contribution < 1.29 is 33.4 Å². The maximum atomic E-state index is 12.7. The Morgan fingerprint density at radius 3 is 2.58 bits per heavy atom. The highest BCUT2D eigenvalue weighted by Crippen LogP contribution is 2.51. The van der Waals surface area contributed by atoms with Gasteiger partial charge in [-0.15, -0.1) is 11.8 Å². The average Bonchev–Trinajstić information content (AvgIpc) is 2.96. The Morgan fingerprint density at radius 1 is 1.19 bits per heavy atom. The Labute approximate surface area is 183 Å². The van der Waals surface area contributed by atoms with E-state index in [4.69, 9.17) is 10.5 Å². The average molecular weight is 452 g/mol. The predicted octanol–water partition coefficient (Wildman–Crippen LogP) is 1.03. The van der Waals surface area contributed by atoms with Crippen LogP contribution in [0.1, 0.15) is 26.3 Å². The van der Waals surface area contributed by atoms with E-state index < -0.39 is 41.1 Å². The number of para-hydroxylation sites is 1. The van der Waals surface area contributed by atoms with Crippen LogP contribution in [0, 0.1) is 0 Å². The molecule has 2 saturated heterocycles. The van der Waals surface area contributed by atoms with Crippen molar-refractivity contribution in [2.45, 2.75) is 49.4 Å². The number of fused-ring (bicyclic) bond motifs is 1. The Balaban J connectivity index is 1.58. The van der Waals surface area contributed by atoms with Crippen molar-refractivity contribution >= 4 is 41.4 Å². The lowest BCUT2D eigenvalue weighted by molar-refractivity contribution is -0.170. The number of carbonyl (C=O) groups excluding carboxylic acids is 4. The molecule has 3 atom stereocenters. The summed E-state index contributed by atoms with van der Waals surface area (Å²) in [5.41, 5.74) is 7.05. The molecule has 2 amide bonds. The molecule has 2 aliphatic heterocycles. The van der Waals surface area contributed by atoms with Crippen LogP contribution in [0.3, 0.4) is 0 Å². The number of carbonyl (C=O) groups is 4. The first-order chi connectivity index (χ1) is 14.7. The van der Waals surface area contributed by atoms with Crippen LogP contribution in [0.15, 0.2) is 24.3 Å². The Hall–Kier alpha value is -2.95. The third kappa shape index (κ3) is 4.71. The van der Waals surface area contributed by atoms with Gasteiger partial charge in [0.25, 0.3) is 0 Å². The second kappa shape index (κ2) is 9.04. The maximum Gasteiger partial charge on any atom is 0.511 e. The summed E-state index contributed by atoms with van der Waals surface area (Å²) in [5, 5.41) is 2.34. The van der Waals surface area contributed by atoms with E-state index in [0.29, 0.717) is 11.3 Å². The molecule has 168 valence electrons. The minimum absolute atomic E-state index is 0.0495. The van der Waals surface area contributed by atoms with Crippen molar-refractivity contribution in [2.75, 3.05) is 19.1 Å². The van der Waals surface area contributed by atoms with E-state index in [2.05, 4.69) is 14.8 Å². The summed E-state index contributed by atoms with van der Waals surface area (Å²) in [7, 11) is 0. The Bertz CT molecular complexity index is 891. The third-order valence-electron chi connectivity index (χ3n) is 5.03. The minimum Gasteiger partial charge on any atom is -0.435 e. The SMILES string of the molecule is CCOC(=O)OCOC(=O)[C@@H]1N2C(=O)C(NC(=O)Cc3ccccc3N)[C@H]2SC1(C)C. The first-order valence-electron chi connectivity index (χ1n) is 9.74. The molecule has 3 N–H and O–H groups in total. The second-order valence-electron chi connectivity index (χ2n) is 7.59. The van der Waals surface area contributed by atoms with Gasteiger partial charge in [0, 0.05) is 10.4 Å². The number of nitrogens with two attached hydrogens (primary N) is 1. The molecular formula is C20H25N3O7S. The van der Waals surface area contributed by atoms with E-state index in [1.807, 2.05) is 13.8 Å². The first kappa shape index (κ1) is 22.7. The summed E-state index contributed by atoms with van der Waals surface area (Å²) < 4.78 is 13.6. The molecule has 1 unspecified atom stereocenters. The monoisotopic (exact) mass is 451 g/mol. The predicted molar refractivity (Wildman–Crippen MR) is 112 cm³/mol. The third-order valence-corrected chi connectivity index (χ3v) is 6.60. The van der Waals surface area contributed by atoms with Gasteiger partial charge in [-0.1, -0.05) is 18.2 Å². The molecule has 10 nitrogen and oxygen atoms in total. The van der Waals surface area contributed by atoms with Gasteiger partial charge in [0.1, 0.15) is 17.5 Å². The number of anilines is 1. The number of hydrogen-bond acceptors (Lipinski definition) is 9. The van der Waals surface area contributed by atoms with Gasteiger partial charge in [-0.2, -0.15) is 0 Å². The van der Waals surface area contributed by atoms with Crippen LogP contribution in [0.2, 0.25) is 0 Å². The van der Waals surface area contributed by atoms with E-state index in [9.17, 15) is 19.2 Å². The van der Waals surface area contributed by atoms with Gasteiger partial charge in [-0.3, -0.25) is 9.59 Å². The fourth-order valence-corrected chi connectivity index (χ4v) is 5.21. The number of hydrogen-bond donors (Lipinski definition) is 2. The molecule has 0 aliphatic carbocycles. The Kier molecular flexibility index (Phi) is 6.63. The number of β-lactam (4-membered cyclic amide) rings is 1. The van der Waals surface area contributed by atoms with Crippen molar-refractivity contribution in [1.82, 2.24) is 10.2 Å². The summed E-state index contributed by atoms with van der Waals surface area (Å²) in [6.07, 6.45) is -0.899. The fourth-order valence-electron chi connectivity index (χ4n) is 3.59. The number of rotatable bonds is 7. The van der Waals surface area contributed by atoms with E-state index >= 15 is 0 Å². The summed E-state index contributed by atoms with van der Waals surface area (Å²) in [6, 6.07) is 5.40. The molecule has 2 heterocycles. The van der Waals surface area contributed by atoms with Crippen LogP contribution >= 0.6 is 11.8 Å². The van der Waals surface area contributed by atoms with Gasteiger partial charge in [0.05, 0.1) is 13.0 Å². The lowest BCUT2D eigenvalue weighted by Crippen LogP contribution is -2.70. The van der Waals surface area contributed by atoms with Crippen LogP contribution in [-0.2, 0) is 35.0 Å². The zero-order valence-corrected chi connectivity index (χ0v) is 18.3. The highest BCUT2D eigenvalue weighted by atomic mass is 32.2. The number of nitrogens with zero attached hydrogens (tertiary/aromatic N) is 1. The van der Waals surface area contributed by atoms with Gasteiger partial charge in [-0.05, 0) is 32.4 Å². The van der Waals surface area contributed by atoms with Gasteiger partial charge in [0.15, 0.2) is 0 Å². The summed E-state index contributed by atoms with van der Waals surface area (Å²) in [6.45, 7) is 4.76. The molecule has 1 aromatic carbocycles. The molecule has 2 aliphatic rings. The second-order valence-corrected chi connectivity index (χ2v) is 9.36. The molecule has 1 aromatic rings. The van der Waals surface area contributed by atoms with Gasteiger partial charge < -0.3 is 30.2 Å². The normalized spacial score (nSPS) is 23.4. The van der Waals surface area contributed by atoms with Crippen LogP contribution in [-0.4, -0.2) is 64.4 Å². The number of thioether (sulfide) groups is 1. The van der Waals surface area contributed by atoms with Crippen LogP contribution in [0.4, 0.5) is 10.5 Å². The molecule has 0 spiro atoms. The number of amides is 2. The molecule has 31 heavy (non-hydrogen) atoms. The summed E-state index contributed by atoms with van der Waals surface area (Å²) in [4.78, 5) is 50.3. The lowest BCUT2D eigenvalue weighted by atomic mass is 9.96. The number of esters is 1. The van der Waals surface area contributed by atoms with E-state index in [1.54, 1.807) is 31.2 Å². The van der Waals surface area contributed by atoms with E-state index in [1.165, 1.54) is 16.7 Å². The number of benzene rings is 1. The number of nitrogen functional groups attached to an aromatic ring is 1. The largest absolute Gasteiger partial charge is 0.511 e. The molecule has 0 saturated carbocycles. The number of ether oxygens (including phenoxy) is 3. The zero-order chi connectivity index (χ0) is 22.8. The molecule has 11 heteroatoms. The van der Waals surface area contributed by atoms with E-state index in [-0.39, 0.29) is 24.8 Å². The van der Waals surface area contributed by atoms with Crippen molar-refractivity contribution in [1.29, 1.82) is 0 Å². The van der Waals surface area contributed by atoms with Crippen LogP contribution in [0.5, 0.6) is 0 Å². The van der Waals surface area contributed by atoms with Crippen molar-refractivity contribution in [3.8, 4) is 0 Å². The lowest BCUT2D eigenvalue weighted by Gasteiger charge is -2.43. The highest BCUT2D eigenvalue weighted by molar-refractivity contribution is 8.01. The molecule has 3 rings (SSSR count). The topological polar surface area (TPSA) is 137 Å². The van der Waals surface area contributed by atoms with Gasteiger partial charge in [0.2, 0.25) is 18.6 Å². The number of nitrogens with one attached hydrogen (secondary N) is 1. The van der Waals surface area contributed by atoms with Crippen molar-refractivity contribution in [2.24, 2.45) is 0 Å². The fraction of sp³-hybridized carbons (Fsp3) is 0.500. The molecule has 0 aromatic heterocycles. The van der Waals surface area contributed by atoms with Gasteiger partial charge in [-0.25, -0.2) is 9.59 Å².